The van der Waals surface area contributed by atoms with Gasteiger partial charge in [-0.3, -0.25) is 0 Å². The summed E-state index contributed by atoms with van der Waals surface area (Å²) in [5, 5.41) is 0.555. The summed E-state index contributed by atoms with van der Waals surface area (Å²) < 4.78 is 35.6. The highest BCUT2D eigenvalue weighted by atomic mass is 32.2. The molecule has 8 heteroatoms. The first-order chi connectivity index (χ1) is 12.4. The number of aryl methyl sites for hydroxylation is 1. The minimum absolute atomic E-state index is 0.0464. The van der Waals surface area contributed by atoms with Gasteiger partial charge in [0.15, 0.2) is 5.52 Å². The van der Waals surface area contributed by atoms with Crippen LogP contribution in [0.5, 0.6) is 0 Å². The summed E-state index contributed by atoms with van der Waals surface area (Å²) in [6, 6.07) is 4.51. The Bertz CT molecular complexity index is 1150. The summed E-state index contributed by atoms with van der Waals surface area (Å²) in [6.07, 6.45) is 5.59. The van der Waals surface area contributed by atoms with E-state index in [1.807, 2.05) is 0 Å². The van der Waals surface area contributed by atoms with Gasteiger partial charge < -0.3 is 8.98 Å². The van der Waals surface area contributed by atoms with Gasteiger partial charge in [-0.2, -0.15) is 0 Å². The van der Waals surface area contributed by atoms with Crippen molar-refractivity contribution in [3.05, 3.63) is 34.9 Å². The fourth-order valence-electron chi connectivity index (χ4n) is 3.75. The molecule has 0 bridgehead atoms. The first-order valence-electron chi connectivity index (χ1n) is 8.77. The largest absolute Gasteiger partial charge is 0.421 e. The predicted octanol–water partition coefficient (Wildman–Crippen LogP) is 2.54. The standard InChI is InChI=1S/C18H21N3O4S/c1-11-5-3-4-6-14(11)20-26(23,24)12-7-8-15-13(9-12)17-16(18(22)25-15)19-10-21(17)2/h7-11,14,20H,3-6H2,1-2H3/t11-,14-/m0/s1. The predicted molar refractivity (Wildman–Crippen MR) is 98.5 cm³/mol. The molecule has 2 atom stereocenters. The SMILES string of the molecule is C[C@H]1CCCC[C@@H]1NS(=O)(=O)c1ccc2oc(=O)c3ncn(C)c3c2c1. The second-order valence-corrected chi connectivity index (χ2v) is 8.80. The second kappa shape index (κ2) is 6.21. The number of aromatic nitrogens is 2. The third-order valence-electron chi connectivity index (χ3n) is 5.27. The van der Waals surface area contributed by atoms with Gasteiger partial charge in [0.05, 0.1) is 16.7 Å². The molecule has 7 nitrogen and oxygen atoms in total. The minimum atomic E-state index is -3.66. The molecule has 1 aliphatic rings. The Morgan fingerprint density at radius 3 is 2.81 bits per heavy atom. The van der Waals surface area contributed by atoms with Crippen molar-refractivity contribution in [2.45, 2.75) is 43.5 Å². The molecule has 1 saturated carbocycles. The summed E-state index contributed by atoms with van der Waals surface area (Å²) in [6.45, 7) is 2.08. The molecular weight excluding hydrogens is 354 g/mol. The molecule has 0 radical (unpaired) electrons. The van der Waals surface area contributed by atoms with Gasteiger partial charge in [0, 0.05) is 18.5 Å². The highest BCUT2D eigenvalue weighted by Gasteiger charge is 2.27. The molecule has 2 aromatic heterocycles. The lowest BCUT2D eigenvalue weighted by Crippen LogP contribution is -2.40. The number of hydrogen-bond acceptors (Lipinski definition) is 5. The molecule has 2 heterocycles. The first kappa shape index (κ1) is 17.2. The van der Waals surface area contributed by atoms with Crippen molar-refractivity contribution in [2.24, 2.45) is 13.0 Å². The van der Waals surface area contributed by atoms with E-state index in [1.165, 1.54) is 18.5 Å². The van der Waals surface area contributed by atoms with Gasteiger partial charge >= 0.3 is 5.63 Å². The van der Waals surface area contributed by atoms with Crippen LogP contribution in [0, 0.1) is 5.92 Å². The van der Waals surface area contributed by atoms with Crippen LogP contribution >= 0.6 is 0 Å². The van der Waals surface area contributed by atoms with Crippen LogP contribution in [0.15, 0.2) is 38.6 Å². The number of imidazole rings is 1. The molecule has 0 unspecified atom stereocenters. The van der Waals surface area contributed by atoms with Crippen LogP contribution < -0.4 is 10.3 Å². The molecule has 138 valence electrons. The van der Waals surface area contributed by atoms with E-state index in [-0.39, 0.29) is 16.5 Å². The summed E-state index contributed by atoms with van der Waals surface area (Å²) in [4.78, 5) is 16.2. The quantitative estimate of drug-likeness (QED) is 0.710. The van der Waals surface area contributed by atoms with E-state index < -0.39 is 15.6 Å². The van der Waals surface area contributed by atoms with Crippen molar-refractivity contribution < 1.29 is 12.8 Å². The molecule has 0 amide bonds. The number of sulfonamides is 1. The van der Waals surface area contributed by atoms with Crippen LogP contribution in [0.1, 0.15) is 32.6 Å². The van der Waals surface area contributed by atoms with Crippen LogP contribution in [0.2, 0.25) is 0 Å². The number of nitrogens with zero attached hydrogens (tertiary/aromatic N) is 2. The molecule has 3 aromatic rings. The lowest BCUT2D eigenvalue weighted by atomic mass is 9.87. The molecule has 1 aromatic carbocycles. The van der Waals surface area contributed by atoms with E-state index >= 15 is 0 Å². The molecular formula is C18H21N3O4S. The Labute approximate surface area is 151 Å². The normalized spacial score (nSPS) is 21.5. The van der Waals surface area contributed by atoms with Crippen molar-refractivity contribution in [3.63, 3.8) is 0 Å². The summed E-state index contributed by atoms with van der Waals surface area (Å²) in [5.74, 6) is 0.320. The van der Waals surface area contributed by atoms with Crippen molar-refractivity contribution in [3.8, 4) is 0 Å². The van der Waals surface area contributed by atoms with Crippen molar-refractivity contribution in [1.29, 1.82) is 0 Å². The van der Waals surface area contributed by atoms with E-state index in [0.29, 0.717) is 22.4 Å². The molecule has 0 saturated heterocycles. The van der Waals surface area contributed by atoms with E-state index in [1.54, 1.807) is 17.7 Å². The number of nitrogens with one attached hydrogen (secondary N) is 1. The van der Waals surface area contributed by atoms with E-state index in [4.69, 9.17) is 4.42 Å². The molecule has 0 spiro atoms. The Hall–Kier alpha value is -2.19. The van der Waals surface area contributed by atoms with Crippen molar-refractivity contribution in [1.82, 2.24) is 14.3 Å². The zero-order chi connectivity index (χ0) is 18.5. The third kappa shape index (κ3) is 2.83. The maximum Gasteiger partial charge on any atom is 0.364 e. The van der Waals surface area contributed by atoms with E-state index in [2.05, 4.69) is 16.6 Å². The topological polar surface area (TPSA) is 94.2 Å². The third-order valence-corrected chi connectivity index (χ3v) is 6.76. The van der Waals surface area contributed by atoms with E-state index in [9.17, 15) is 13.2 Å². The second-order valence-electron chi connectivity index (χ2n) is 7.09. The maximum atomic E-state index is 12.9. The Kier molecular flexibility index (Phi) is 4.11. The van der Waals surface area contributed by atoms with Gasteiger partial charge in [-0.25, -0.2) is 22.9 Å². The number of benzene rings is 1. The molecule has 1 fully saturated rings. The maximum absolute atomic E-state index is 12.9. The summed E-state index contributed by atoms with van der Waals surface area (Å²) in [5.41, 5.74) is 0.580. The summed E-state index contributed by atoms with van der Waals surface area (Å²) >= 11 is 0. The fourth-order valence-corrected chi connectivity index (χ4v) is 5.16. The van der Waals surface area contributed by atoms with Crippen LogP contribution in [0.4, 0.5) is 0 Å². The average molecular weight is 375 g/mol. The van der Waals surface area contributed by atoms with Gasteiger partial charge in [0.2, 0.25) is 10.0 Å². The fraction of sp³-hybridized carbons (Fsp3) is 0.444. The lowest BCUT2D eigenvalue weighted by molar-refractivity contribution is 0.310. The number of fused-ring (bicyclic) bond motifs is 3. The van der Waals surface area contributed by atoms with Crippen LogP contribution in [-0.2, 0) is 17.1 Å². The van der Waals surface area contributed by atoms with Crippen molar-refractivity contribution >= 4 is 32.0 Å². The van der Waals surface area contributed by atoms with Crippen LogP contribution in [0.3, 0.4) is 0 Å². The van der Waals surface area contributed by atoms with Gasteiger partial charge in [-0.05, 0) is 37.0 Å². The minimum Gasteiger partial charge on any atom is -0.421 e. The lowest BCUT2D eigenvalue weighted by Gasteiger charge is -2.29. The zero-order valence-corrected chi connectivity index (χ0v) is 15.5. The number of hydrogen-bond donors (Lipinski definition) is 1. The highest BCUT2D eigenvalue weighted by Crippen LogP contribution is 2.27. The van der Waals surface area contributed by atoms with Crippen LogP contribution in [0.25, 0.3) is 22.0 Å². The van der Waals surface area contributed by atoms with Crippen LogP contribution in [-0.4, -0.2) is 24.0 Å². The van der Waals surface area contributed by atoms with Gasteiger partial charge in [0.25, 0.3) is 0 Å². The van der Waals surface area contributed by atoms with Gasteiger partial charge in [-0.1, -0.05) is 19.8 Å². The molecule has 1 aliphatic carbocycles. The first-order valence-corrected chi connectivity index (χ1v) is 10.3. The molecule has 26 heavy (non-hydrogen) atoms. The van der Waals surface area contributed by atoms with E-state index in [0.717, 1.165) is 25.7 Å². The Morgan fingerprint density at radius 2 is 2.04 bits per heavy atom. The Balaban J connectivity index is 1.81. The van der Waals surface area contributed by atoms with Gasteiger partial charge in [0.1, 0.15) is 5.58 Å². The van der Waals surface area contributed by atoms with Crippen molar-refractivity contribution in [2.75, 3.05) is 0 Å². The molecule has 4 rings (SSSR count). The average Bonchev–Trinajstić information content (AvgIpc) is 2.99. The molecule has 0 aliphatic heterocycles. The van der Waals surface area contributed by atoms with Gasteiger partial charge in [-0.15, -0.1) is 0 Å². The number of rotatable bonds is 3. The highest BCUT2D eigenvalue weighted by molar-refractivity contribution is 7.89. The monoisotopic (exact) mass is 375 g/mol. The smallest absolute Gasteiger partial charge is 0.364 e. The molecule has 1 N–H and O–H groups in total. The Morgan fingerprint density at radius 1 is 1.27 bits per heavy atom. The summed E-state index contributed by atoms with van der Waals surface area (Å²) in [7, 11) is -1.90. The zero-order valence-electron chi connectivity index (χ0n) is 14.7.